The summed E-state index contributed by atoms with van der Waals surface area (Å²) in [6.07, 6.45) is 5.58. The Balaban J connectivity index is 2.00. The molecule has 18 heavy (non-hydrogen) atoms. The lowest BCUT2D eigenvalue weighted by atomic mass is 9.96. The van der Waals surface area contributed by atoms with E-state index in [2.05, 4.69) is 17.4 Å². The number of nitrogens with one attached hydrogen (secondary N) is 1. The monoisotopic (exact) mass is 245 g/mol. The normalized spacial score (nSPS) is 16.6. The lowest BCUT2D eigenvalue weighted by Crippen LogP contribution is -2.30. The smallest absolute Gasteiger partial charge is 0.243 e. The first-order valence-electron chi connectivity index (χ1n) is 6.25. The van der Waals surface area contributed by atoms with Gasteiger partial charge in [0.25, 0.3) is 0 Å². The molecular weight excluding hydrogens is 226 g/mol. The molecule has 0 heterocycles. The Morgan fingerprint density at radius 1 is 1.39 bits per heavy atom. The Bertz CT molecular complexity index is 444. The van der Waals surface area contributed by atoms with Crippen LogP contribution in [0.3, 0.4) is 0 Å². The molecule has 0 aliphatic heterocycles. The van der Waals surface area contributed by atoms with Gasteiger partial charge in [-0.15, -0.1) is 0 Å². The second-order valence-electron chi connectivity index (χ2n) is 4.73. The van der Waals surface area contributed by atoms with Crippen molar-refractivity contribution in [1.29, 1.82) is 0 Å². The van der Waals surface area contributed by atoms with Gasteiger partial charge in [-0.2, -0.15) is 0 Å². The summed E-state index contributed by atoms with van der Waals surface area (Å²) in [5.74, 6) is 0.852. The number of benzene rings is 1. The van der Waals surface area contributed by atoms with Crippen LogP contribution in [0.25, 0.3) is 0 Å². The summed E-state index contributed by atoms with van der Waals surface area (Å²) in [4.78, 5) is 11.4. The van der Waals surface area contributed by atoms with Crippen LogP contribution < -0.4 is 10.1 Å². The van der Waals surface area contributed by atoms with Crippen molar-refractivity contribution in [2.75, 3.05) is 13.7 Å². The maximum absolute atomic E-state index is 11.4. The van der Waals surface area contributed by atoms with Crippen molar-refractivity contribution < 1.29 is 9.53 Å². The van der Waals surface area contributed by atoms with Gasteiger partial charge in [-0.05, 0) is 43.5 Å². The fraction of sp³-hybridized carbons (Fsp3) is 0.400. The molecule has 2 rings (SSSR count). The second-order valence-corrected chi connectivity index (χ2v) is 4.73. The van der Waals surface area contributed by atoms with Crippen molar-refractivity contribution in [2.45, 2.75) is 25.2 Å². The van der Waals surface area contributed by atoms with Gasteiger partial charge in [-0.25, -0.2) is 0 Å². The van der Waals surface area contributed by atoms with E-state index in [0.717, 1.165) is 18.6 Å². The topological polar surface area (TPSA) is 38.3 Å². The fourth-order valence-corrected chi connectivity index (χ4v) is 2.13. The third-order valence-electron chi connectivity index (χ3n) is 3.47. The highest BCUT2D eigenvalue weighted by Gasteiger charge is 2.44. The quantitative estimate of drug-likeness (QED) is 0.809. The van der Waals surface area contributed by atoms with Crippen molar-refractivity contribution in [3.63, 3.8) is 0 Å². The zero-order valence-electron chi connectivity index (χ0n) is 10.9. The molecule has 3 heteroatoms. The zero-order chi connectivity index (χ0) is 13.0. The highest BCUT2D eigenvalue weighted by atomic mass is 16.5. The molecule has 3 nitrogen and oxygen atoms in total. The molecule has 0 unspecified atom stereocenters. The van der Waals surface area contributed by atoms with Gasteiger partial charge in [0.1, 0.15) is 5.75 Å². The summed E-state index contributed by atoms with van der Waals surface area (Å²) in [6.45, 7) is 2.55. The molecule has 1 aliphatic carbocycles. The summed E-state index contributed by atoms with van der Waals surface area (Å²) in [7, 11) is 1.67. The lowest BCUT2D eigenvalue weighted by molar-refractivity contribution is -0.116. The molecular formula is C15H19NO2. The number of methoxy groups -OCH3 is 1. The average molecular weight is 245 g/mol. The Hall–Kier alpha value is -1.77. The molecule has 1 N–H and O–H groups in total. The minimum Gasteiger partial charge on any atom is -0.497 e. The first-order valence-corrected chi connectivity index (χ1v) is 6.25. The average Bonchev–Trinajstić information content (AvgIpc) is 3.18. The predicted molar refractivity (Wildman–Crippen MR) is 71.7 cm³/mol. The number of carbonyl (C=O) groups excluding carboxylic acids is 1. The molecule has 1 saturated carbocycles. The van der Waals surface area contributed by atoms with Crippen LogP contribution in [0.4, 0.5) is 0 Å². The third kappa shape index (κ3) is 2.73. The first-order chi connectivity index (χ1) is 8.70. The minimum absolute atomic E-state index is 0.0164. The van der Waals surface area contributed by atoms with Crippen molar-refractivity contribution in [2.24, 2.45) is 0 Å². The van der Waals surface area contributed by atoms with E-state index in [4.69, 9.17) is 4.74 Å². The minimum atomic E-state index is -0.0164. The van der Waals surface area contributed by atoms with Crippen LogP contribution in [-0.2, 0) is 10.2 Å². The molecule has 1 aromatic rings. The standard InChI is InChI=1S/C15H19NO2/c1-3-4-14(17)16-11-15(9-10-15)12-5-7-13(18-2)8-6-12/h3-8H,9-11H2,1-2H3,(H,16,17)/b4-3+. The molecule has 0 radical (unpaired) electrons. The molecule has 0 aromatic heterocycles. The number of ether oxygens (including phenoxy) is 1. The van der Waals surface area contributed by atoms with E-state index >= 15 is 0 Å². The van der Waals surface area contributed by atoms with Gasteiger partial charge in [0, 0.05) is 12.0 Å². The molecule has 1 aromatic carbocycles. The van der Waals surface area contributed by atoms with Crippen LogP contribution in [0.2, 0.25) is 0 Å². The van der Waals surface area contributed by atoms with E-state index in [1.165, 1.54) is 5.56 Å². The van der Waals surface area contributed by atoms with Crippen LogP contribution in [0, 0.1) is 0 Å². The summed E-state index contributed by atoms with van der Waals surface area (Å²) in [5.41, 5.74) is 1.42. The van der Waals surface area contributed by atoms with Gasteiger partial charge >= 0.3 is 0 Å². The molecule has 0 spiro atoms. The van der Waals surface area contributed by atoms with E-state index in [0.29, 0.717) is 6.54 Å². The first kappa shape index (κ1) is 12.7. The Morgan fingerprint density at radius 2 is 2.06 bits per heavy atom. The second kappa shape index (κ2) is 5.25. The molecule has 1 fully saturated rings. The molecule has 0 atom stereocenters. The van der Waals surface area contributed by atoms with Gasteiger partial charge in [0.05, 0.1) is 7.11 Å². The molecule has 1 amide bonds. The molecule has 0 bridgehead atoms. The van der Waals surface area contributed by atoms with E-state index in [9.17, 15) is 4.79 Å². The maximum atomic E-state index is 11.4. The van der Waals surface area contributed by atoms with E-state index in [1.807, 2.05) is 19.1 Å². The summed E-state index contributed by atoms with van der Waals surface area (Å²) in [6, 6.07) is 8.13. The summed E-state index contributed by atoms with van der Waals surface area (Å²) >= 11 is 0. The van der Waals surface area contributed by atoms with Crippen molar-refractivity contribution in [3.05, 3.63) is 42.0 Å². The SMILES string of the molecule is C/C=C/C(=O)NCC1(c2ccc(OC)cc2)CC1. The van der Waals surface area contributed by atoms with E-state index in [1.54, 1.807) is 19.3 Å². The predicted octanol–water partition coefficient (Wildman–Crippen LogP) is 2.42. The largest absolute Gasteiger partial charge is 0.497 e. The van der Waals surface area contributed by atoms with Gasteiger partial charge in [0.15, 0.2) is 0 Å². The van der Waals surface area contributed by atoms with Gasteiger partial charge in [-0.3, -0.25) is 4.79 Å². The summed E-state index contributed by atoms with van der Waals surface area (Å²) in [5, 5.41) is 2.96. The number of amides is 1. The number of rotatable bonds is 5. The molecule has 0 saturated heterocycles. The maximum Gasteiger partial charge on any atom is 0.243 e. The highest BCUT2D eigenvalue weighted by molar-refractivity contribution is 5.87. The van der Waals surface area contributed by atoms with Crippen LogP contribution >= 0.6 is 0 Å². The lowest BCUT2D eigenvalue weighted by Gasteiger charge is -2.16. The van der Waals surface area contributed by atoms with Crippen molar-refractivity contribution >= 4 is 5.91 Å². The van der Waals surface area contributed by atoms with Crippen LogP contribution in [0.15, 0.2) is 36.4 Å². The fourth-order valence-electron chi connectivity index (χ4n) is 2.13. The number of hydrogen-bond donors (Lipinski definition) is 1. The third-order valence-corrected chi connectivity index (χ3v) is 3.47. The molecule has 1 aliphatic rings. The Morgan fingerprint density at radius 3 is 2.56 bits per heavy atom. The highest BCUT2D eigenvalue weighted by Crippen LogP contribution is 2.47. The van der Waals surface area contributed by atoms with E-state index < -0.39 is 0 Å². The van der Waals surface area contributed by atoms with Gasteiger partial charge in [-0.1, -0.05) is 18.2 Å². The Kier molecular flexibility index (Phi) is 3.70. The number of hydrogen-bond acceptors (Lipinski definition) is 2. The number of carbonyl (C=O) groups is 1. The zero-order valence-corrected chi connectivity index (χ0v) is 10.9. The molecule has 96 valence electrons. The van der Waals surface area contributed by atoms with E-state index in [-0.39, 0.29) is 11.3 Å². The van der Waals surface area contributed by atoms with Gasteiger partial charge in [0.2, 0.25) is 5.91 Å². The van der Waals surface area contributed by atoms with Crippen LogP contribution in [-0.4, -0.2) is 19.6 Å². The van der Waals surface area contributed by atoms with Crippen LogP contribution in [0.1, 0.15) is 25.3 Å². The number of allylic oxidation sites excluding steroid dienone is 1. The Labute approximate surface area is 108 Å². The van der Waals surface area contributed by atoms with Crippen molar-refractivity contribution in [1.82, 2.24) is 5.32 Å². The van der Waals surface area contributed by atoms with Crippen molar-refractivity contribution in [3.8, 4) is 5.75 Å². The summed E-state index contributed by atoms with van der Waals surface area (Å²) < 4.78 is 5.15. The van der Waals surface area contributed by atoms with Crippen LogP contribution in [0.5, 0.6) is 5.75 Å². The van der Waals surface area contributed by atoms with Gasteiger partial charge < -0.3 is 10.1 Å².